The largest absolute Gasteiger partial charge is 0.489 e. The normalized spacial score (nSPS) is 15.8. The van der Waals surface area contributed by atoms with Gasteiger partial charge >= 0.3 is 0 Å². The Labute approximate surface area is 176 Å². The van der Waals surface area contributed by atoms with E-state index in [1.807, 2.05) is 36.5 Å². The van der Waals surface area contributed by atoms with Crippen LogP contribution >= 0.6 is 0 Å². The molecule has 3 aromatic rings. The zero-order valence-corrected chi connectivity index (χ0v) is 16.8. The van der Waals surface area contributed by atoms with E-state index in [1.165, 1.54) is 0 Å². The molecule has 5 rings (SSSR count). The summed E-state index contributed by atoms with van der Waals surface area (Å²) < 4.78 is 16.7. The van der Waals surface area contributed by atoms with Gasteiger partial charge in [-0.25, -0.2) is 4.98 Å². The highest BCUT2D eigenvalue weighted by Crippen LogP contribution is 2.35. The molecule has 6 nitrogen and oxygen atoms in total. The summed E-state index contributed by atoms with van der Waals surface area (Å²) in [6, 6.07) is 20.7. The molecule has 3 heterocycles. The average molecular weight is 403 g/mol. The van der Waals surface area contributed by atoms with Gasteiger partial charge in [0.15, 0.2) is 11.5 Å². The molecule has 0 aliphatic carbocycles. The van der Waals surface area contributed by atoms with Crippen molar-refractivity contribution in [2.75, 3.05) is 30.1 Å². The van der Waals surface area contributed by atoms with Crippen molar-refractivity contribution in [2.24, 2.45) is 0 Å². The number of piperidine rings is 1. The Morgan fingerprint density at radius 3 is 2.73 bits per heavy atom. The standard InChI is InChI=1S/C24H25N3O3/c1-2-11-25-24(6-1)27-12-9-19(10-13-27)26-20-5-3-4-18(14-20)16-28-21-7-8-22-23(15-21)30-17-29-22/h1-8,11,14-15,19,26H,9-10,12-13,16-17H2. The molecule has 1 fully saturated rings. The third-order valence-corrected chi connectivity index (χ3v) is 5.52. The van der Waals surface area contributed by atoms with E-state index in [9.17, 15) is 0 Å². The fourth-order valence-corrected chi connectivity index (χ4v) is 3.91. The van der Waals surface area contributed by atoms with Gasteiger partial charge in [0.25, 0.3) is 0 Å². The molecule has 30 heavy (non-hydrogen) atoms. The highest BCUT2D eigenvalue weighted by atomic mass is 16.7. The summed E-state index contributed by atoms with van der Waals surface area (Å²) in [5.41, 5.74) is 2.27. The van der Waals surface area contributed by atoms with E-state index in [4.69, 9.17) is 14.2 Å². The maximum atomic E-state index is 5.95. The molecule has 2 aliphatic heterocycles. The highest BCUT2D eigenvalue weighted by molar-refractivity contribution is 5.48. The number of anilines is 2. The molecule has 1 aromatic heterocycles. The van der Waals surface area contributed by atoms with Crippen molar-refractivity contribution >= 4 is 11.5 Å². The number of pyridine rings is 1. The van der Waals surface area contributed by atoms with Crippen molar-refractivity contribution in [3.05, 3.63) is 72.4 Å². The molecule has 1 saturated heterocycles. The fraction of sp³-hybridized carbons (Fsp3) is 0.292. The van der Waals surface area contributed by atoms with Crippen LogP contribution in [0.2, 0.25) is 0 Å². The number of hydrogen-bond donors (Lipinski definition) is 1. The minimum atomic E-state index is 0.271. The van der Waals surface area contributed by atoms with Gasteiger partial charge in [0, 0.05) is 37.1 Å². The van der Waals surface area contributed by atoms with E-state index >= 15 is 0 Å². The Bertz CT molecular complexity index is 988. The van der Waals surface area contributed by atoms with E-state index < -0.39 is 0 Å². The minimum Gasteiger partial charge on any atom is -0.489 e. The lowest BCUT2D eigenvalue weighted by Crippen LogP contribution is -2.39. The van der Waals surface area contributed by atoms with Crippen molar-refractivity contribution in [3.8, 4) is 17.2 Å². The monoisotopic (exact) mass is 403 g/mol. The Hall–Kier alpha value is -3.41. The Morgan fingerprint density at radius 1 is 0.967 bits per heavy atom. The number of nitrogens with zero attached hydrogens (tertiary/aromatic N) is 2. The Kier molecular flexibility index (Phi) is 5.29. The molecule has 0 amide bonds. The van der Waals surface area contributed by atoms with Gasteiger partial charge in [0.2, 0.25) is 6.79 Å². The number of benzene rings is 2. The van der Waals surface area contributed by atoms with Crippen LogP contribution in [0.15, 0.2) is 66.9 Å². The molecule has 1 N–H and O–H groups in total. The van der Waals surface area contributed by atoms with Crippen LogP contribution in [0.1, 0.15) is 18.4 Å². The molecule has 2 aromatic carbocycles. The van der Waals surface area contributed by atoms with Crippen molar-refractivity contribution in [1.29, 1.82) is 0 Å². The van der Waals surface area contributed by atoms with Crippen LogP contribution in [0.25, 0.3) is 0 Å². The van der Waals surface area contributed by atoms with Crippen LogP contribution in [-0.2, 0) is 6.61 Å². The quantitative estimate of drug-likeness (QED) is 0.655. The Balaban J connectivity index is 1.15. The maximum Gasteiger partial charge on any atom is 0.231 e. The molecule has 0 bridgehead atoms. The number of aromatic nitrogens is 1. The van der Waals surface area contributed by atoms with E-state index in [1.54, 1.807) is 0 Å². The zero-order valence-electron chi connectivity index (χ0n) is 16.8. The second-order valence-electron chi connectivity index (χ2n) is 7.60. The Morgan fingerprint density at radius 2 is 1.87 bits per heavy atom. The van der Waals surface area contributed by atoms with Gasteiger partial charge in [0.05, 0.1) is 0 Å². The van der Waals surface area contributed by atoms with Crippen molar-refractivity contribution in [2.45, 2.75) is 25.5 Å². The molecule has 0 spiro atoms. The minimum absolute atomic E-state index is 0.271. The van der Waals surface area contributed by atoms with Gasteiger partial charge in [0.1, 0.15) is 18.2 Å². The topological polar surface area (TPSA) is 55.9 Å². The second-order valence-corrected chi connectivity index (χ2v) is 7.60. The van der Waals surface area contributed by atoms with Crippen molar-refractivity contribution in [1.82, 2.24) is 4.98 Å². The van der Waals surface area contributed by atoms with E-state index in [0.29, 0.717) is 12.6 Å². The second kappa shape index (κ2) is 8.53. The van der Waals surface area contributed by atoms with Crippen LogP contribution in [0.5, 0.6) is 17.2 Å². The number of hydrogen-bond acceptors (Lipinski definition) is 6. The predicted octanol–water partition coefficient (Wildman–Crippen LogP) is 4.47. The third-order valence-electron chi connectivity index (χ3n) is 5.52. The van der Waals surface area contributed by atoms with Gasteiger partial charge in [-0.15, -0.1) is 0 Å². The van der Waals surface area contributed by atoms with Gasteiger partial charge in [-0.05, 0) is 54.8 Å². The summed E-state index contributed by atoms with van der Waals surface area (Å²) in [5, 5.41) is 3.69. The SMILES string of the molecule is c1ccc(N2CCC(Nc3cccc(COc4ccc5c(c4)OCO5)c3)CC2)nc1. The number of rotatable bonds is 6. The molecule has 2 aliphatic rings. The summed E-state index contributed by atoms with van der Waals surface area (Å²) in [6.45, 7) is 2.81. The zero-order chi connectivity index (χ0) is 20.2. The van der Waals surface area contributed by atoms with Crippen LogP contribution < -0.4 is 24.4 Å². The molecular formula is C24H25N3O3. The van der Waals surface area contributed by atoms with E-state index in [0.717, 1.165) is 60.2 Å². The first-order chi connectivity index (χ1) is 14.8. The first-order valence-electron chi connectivity index (χ1n) is 10.4. The number of ether oxygens (including phenoxy) is 3. The number of fused-ring (bicyclic) bond motifs is 1. The average Bonchev–Trinajstić information content (AvgIpc) is 3.27. The third kappa shape index (κ3) is 4.27. The van der Waals surface area contributed by atoms with Crippen LogP contribution in [-0.4, -0.2) is 30.9 Å². The highest BCUT2D eigenvalue weighted by Gasteiger charge is 2.20. The van der Waals surface area contributed by atoms with Crippen molar-refractivity contribution in [3.63, 3.8) is 0 Å². The van der Waals surface area contributed by atoms with Gasteiger partial charge in [-0.1, -0.05) is 18.2 Å². The van der Waals surface area contributed by atoms with E-state index in [-0.39, 0.29) is 6.79 Å². The van der Waals surface area contributed by atoms with Gasteiger partial charge in [-0.2, -0.15) is 0 Å². The smallest absolute Gasteiger partial charge is 0.231 e. The predicted molar refractivity (Wildman–Crippen MR) is 116 cm³/mol. The lowest BCUT2D eigenvalue weighted by molar-refractivity contribution is 0.173. The van der Waals surface area contributed by atoms with Crippen molar-refractivity contribution < 1.29 is 14.2 Å². The molecule has 0 radical (unpaired) electrons. The summed E-state index contributed by atoms with van der Waals surface area (Å²) in [5.74, 6) is 3.35. The summed E-state index contributed by atoms with van der Waals surface area (Å²) in [4.78, 5) is 6.82. The first-order valence-corrected chi connectivity index (χ1v) is 10.4. The van der Waals surface area contributed by atoms with E-state index in [2.05, 4.69) is 45.5 Å². The molecule has 0 unspecified atom stereocenters. The molecule has 0 atom stereocenters. The molecule has 0 saturated carbocycles. The summed E-state index contributed by atoms with van der Waals surface area (Å²) in [6.07, 6.45) is 4.04. The lowest BCUT2D eigenvalue weighted by atomic mass is 10.0. The number of nitrogens with one attached hydrogen (secondary N) is 1. The molecule has 154 valence electrons. The lowest BCUT2D eigenvalue weighted by Gasteiger charge is -2.33. The molecular weight excluding hydrogens is 378 g/mol. The first kappa shape index (κ1) is 18.6. The summed E-state index contributed by atoms with van der Waals surface area (Å²) in [7, 11) is 0. The van der Waals surface area contributed by atoms with Crippen LogP contribution in [0, 0.1) is 0 Å². The van der Waals surface area contributed by atoms with Crippen LogP contribution in [0.4, 0.5) is 11.5 Å². The van der Waals surface area contributed by atoms with Gasteiger partial charge in [-0.3, -0.25) is 0 Å². The maximum absolute atomic E-state index is 5.95. The summed E-state index contributed by atoms with van der Waals surface area (Å²) >= 11 is 0. The van der Waals surface area contributed by atoms with Crippen LogP contribution in [0.3, 0.4) is 0 Å². The molecule has 6 heteroatoms. The van der Waals surface area contributed by atoms with Gasteiger partial charge < -0.3 is 24.4 Å². The fourth-order valence-electron chi connectivity index (χ4n) is 3.91.